The highest BCUT2D eigenvalue weighted by molar-refractivity contribution is 14.1. The molecule has 1 fully saturated rings. The molecular formula is C22H35I. The van der Waals surface area contributed by atoms with Gasteiger partial charge < -0.3 is 0 Å². The molecule has 0 atom stereocenters. The third kappa shape index (κ3) is 6.07. The Morgan fingerprint density at radius 3 is 2.39 bits per heavy atom. The molecule has 0 aliphatic heterocycles. The van der Waals surface area contributed by atoms with Crippen molar-refractivity contribution in [2.45, 2.75) is 95.8 Å². The first kappa shape index (κ1) is 19.3. The lowest BCUT2D eigenvalue weighted by atomic mass is 9.84. The van der Waals surface area contributed by atoms with Crippen molar-refractivity contribution >= 4 is 22.6 Å². The van der Waals surface area contributed by atoms with E-state index in [-0.39, 0.29) is 0 Å². The molecule has 23 heavy (non-hydrogen) atoms. The van der Waals surface area contributed by atoms with Crippen molar-refractivity contribution in [2.24, 2.45) is 5.41 Å². The molecule has 0 bridgehead atoms. The Bertz CT molecular complexity index is 523. The molecule has 130 valence electrons. The van der Waals surface area contributed by atoms with E-state index in [9.17, 15) is 0 Å². The van der Waals surface area contributed by atoms with Crippen LogP contribution in [-0.4, -0.2) is 3.42 Å². The monoisotopic (exact) mass is 426 g/mol. The molecule has 1 aliphatic rings. The molecule has 0 radical (unpaired) electrons. The molecule has 0 amide bonds. The van der Waals surface area contributed by atoms with Crippen LogP contribution in [0, 0.1) is 19.3 Å². The lowest BCUT2D eigenvalue weighted by Gasteiger charge is -2.22. The summed E-state index contributed by atoms with van der Waals surface area (Å²) in [6.07, 6.45) is 12.1. The maximum Gasteiger partial charge on any atom is 0.0223 e. The number of hydrogen-bond acceptors (Lipinski definition) is 0. The Morgan fingerprint density at radius 2 is 1.78 bits per heavy atom. The van der Waals surface area contributed by atoms with E-state index in [1.807, 2.05) is 0 Å². The SMILES string of the molecule is CCC(C)(C)CCCc1cc(C)c(C)c(CCCC2(I)CC2)c1. The summed E-state index contributed by atoms with van der Waals surface area (Å²) >= 11 is 2.68. The van der Waals surface area contributed by atoms with Crippen molar-refractivity contribution < 1.29 is 0 Å². The van der Waals surface area contributed by atoms with Crippen molar-refractivity contribution in [3.8, 4) is 0 Å². The normalized spacial score (nSPS) is 16.6. The smallest absolute Gasteiger partial charge is 0.0223 e. The molecule has 0 heterocycles. The van der Waals surface area contributed by atoms with Gasteiger partial charge in [0.1, 0.15) is 0 Å². The van der Waals surface area contributed by atoms with Gasteiger partial charge in [0.15, 0.2) is 0 Å². The highest BCUT2D eigenvalue weighted by atomic mass is 127. The molecule has 1 heteroatoms. The van der Waals surface area contributed by atoms with Crippen molar-refractivity contribution in [3.05, 3.63) is 34.4 Å². The number of benzene rings is 1. The fourth-order valence-corrected chi connectivity index (χ4v) is 4.00. The molecule has 0 aromatic heterocycles. The fourth-order valence-electron chi connectivity index (χ4n) is 3.35. The number of rotatable bonds is 9. The first-order chi connectivity index (χ1) is 10.7. The maximum atomic E-state index is 2.68. The maximum absolute atomic E-state index is 2.68. The van der Waals surface area contributed by atoms with E-state index in [2.05, 4.69) is 69.3 Å². The van der Waals surface area contributed by atoms with E-state index in [4.69, 9.17) is 0 Å². The van der Waals surface area contributed by atoms with Gasteiger partial charge in [-0.15, -0.1) is 0 Å². The predicted molar refractivity (Wildman–Crippen MR) is 112 cm³/mol. The highest BCUT2D eigenvalue weighted by Crippen LogP contribution is 2.48. The summed E-state index contributed by atoms with van der Waals surface area (Å²) in [6, 6.07) is 4.94. The quantitative estimate of drug-likeness (QED) is 0.286. The fraction of sp³-hybridized carbons (Fsp3) is 0.727. The summed E-state index contributed by atoms with van der Waals surface area (Å²) < 4.78 is 0.671. The second kappa shape index (κ2) is 7.89. The van der Waals surface area contributed by atoms with Crippen LogP contribution in [0.15, 0.2) is 12.1 Å². The summed E-state index contributed by atoms with van der Waals surface area (Å²) in [4.78, 5) is 0. The summed E-state index contributed by atoms with van der Waals surface area (Å²) in [5, 5.41) is 0. The number of alkyl halides is 1. The van der Waals surface area contributed by atoms with Gasteiger partial charge in [-0.25, -0.2) is 0 Å². The van der Waals surface area contributed by atoms with Crippen LogP contribution in [0.5, 0.6) is 0 Å². The van der Waals surface area contributed by atoms with Crippen LogP contribution in [0.2, 0.25) is 0 Å². The minimum atomic E-state index is 0.501. The second-order valence-corrected chi connectivity index (χ2v) is 10.9. The average Bonchev–Trinajstić information content (AvgIpc) is 3.21. The third-order valence-corrected chi connectivity index (χ3v) is 7.59. The average molecular weight is 426 g/mol. The van der Waals surface area contributed by atoms with Gasteiger partial charge in [0.2, 0.25) is 0 Å². The van der Waals surface area contributed by atoms with E-state index >= 15 is 0 Å². The van der Waals surface area contributed by atoms with Crippen molar-refractivity contribution in [1.29, 1.82) is 0 Å². The summed E-state index contributed by atoms with van der Waals surface area (Å²) in [5.74, 6) is 0. The first-order valence-corrected chi connectivity index (χ1v) is 10.6. The molecular weight excluding hydrogens is 391 g/mol. The van der Waals surface area contributed by atoms with Crippen molar-refractivity contribution in [2.75, 3.05) is 0 Å². The highest BCUT2D eigenvalue weighted by Gasteiger charge is 2.38. The zero-order chi connectivity index (χ0) is 17.1. The van der Waals surface area contributed by atoms with Crippen LogP contribution in [0.25, 0.3) is 0 Å². The standard InChI is InChI=1S/C22H35I/c1-6-21(4,5)11-7-9-19-15-17(2)18(3)20(16-19)10-8-12-22(23)13-14-22/h15-16H,6-14H2,1-5H3. The minimum Gasteiger partial charge on any atom is -0.0789 e. The number of aryl methyl sites for hydroxylation is 3. The van der Waals surface area contributed by atoms with Crippen LogP contribution >= 0.6 is 22.6 Å². The zero-order valence-electron chi connectivity index (χ0n) is 15.9. The molecule has 0 N–H and O–H groups in total. The van der Waals surface area contributed by atoms with Crippen LogP contribution < -0.4 is 0 Å². The molecule has 0 spiro atoms. The van der Waals surface area contributed by atoms with Gasteiger partial charge in [-0.3, -0.25) is 0 Å². The molecule has 0 unspecified atom stereocenters. The van der Waals surface area contributed by atoms with Gasteiger partial charge in [0.25, 0.3) is 0 Å². The van der Waals surface area contributed by atoms with Gasteiger partial charge >= 0.3 is 0 Å². The molecule has 1 aliphatic carbocycles. The molecule has 1 aromatic carbocycles. The molecule has 1 aromatic rings. The zero-order valence-corrected chi connectivity index (χ0v) is 18.1. The molecule has 1 saturated carbocycles. The number of hydrogen-bond donors (Lipinski definition) is 0. The van der Waals surface area contributed by atoms with Crippen LogP contribution in [-0.2, 0) is 12.8 Å². The Labute approximate surface area is 158 Å². The first-order valence-electron chi connectivity index (χ1n) is 9.53. The molecule has 0 nitrogen and oxygen atoms in total. The summed E-state index contributed by atoms with van der Waals surface area (Å²) in [7, 11) is 0. The lowest BCUT2D eigenvalue weighted by molar-refractivity contribution is 0.313. The van der Waals surface area contributed by atoms with Gasteiger partial charge in [0, 0.05) is 3.42 Å². The Balaban J connectivity index is 1.92. The van der Waals surface area contributed by atoms with Crippen LogP contribution in [0.1, 0.15) is 88.0 Å². The van der Waals surface area contributed by atoms with E-state index in [0.29, 0.717) is 8.84 Å². The second-order valence-electron chi connectivity index (χ2n) is 8.57. The molecule has 2 rings (SSSR count). The Morgan fingerprint density at radius 1 is 1.09 bits per heavy atom. The van der Waals surface area contributed by atoms with E-state index in [1.54, 1.807) is 11.1 Å². The Hall–Kier alpha value is -0.0500. The van der Waals surface area contributed by atoms with Crippen molar-refractivity contribution in [1.82, 2.24) is 0 Å². The van der Waals surface area contributed by atoms with E-state index in [1.165, 1.54) is 68.9 Å². The minimum absolute atomic E-state index is 0.501. The van der Waals surface area contributed by atoms with Crippen LogP contribution in [0.3, 0.4) is 0 Å². The molecule has 0 saturated heterocycles. The lowest BCUT2D eigenvalue weighted by Crippen LogP contribution is -2.09. The summed E-state index contributed by atoms with van der Waals surface area (Å²) in [5.41, 5.74) is 6.69. The predicted octanol–water partition coefficient (Wildman–Crippen LogP) is 7.35. The Kier molecular flexibility index (Phi) is 6.61. The van der Waals surface area contributed by atoms with E-state index < -0.39 is 0 Å². The van der Waals surface area contributed by atoms with Gasteiger partial charge in [0.05, 0.1) is 0 Å². The largest absolute Gasteiger partial charge is 0.0789 e. The van der Waals surface area contributed by atoms with Gasteiger partial charge in [-0.2, -0.15) is 0 Å². The topological polar surface area (TPSA) is 0 Å². The van der Waals surface area contributed by atoms with Gasteiger partial charge in [-0.05, 0) is 92.9 Å². The summed E-state index contributed by atoms with van der Waals surface area (Å²) in [6.45, 7) is 11.7. The van der Waals surface area contributed by atoms with E-state index in [0.717, 1.165) is 0 Å². The van der Waals surface area contributed by atoms with Crippen LogP contribution in [0.4, 0.5) is 0 Å². The van der Waals surface area contributed by atoms with Gasteiger partial charge in [-0.1, -0.05) is 61.9 Å². The van der Waals surface area contributed by atoms with Crippen molar-refractivity contribution in [3.63, 3.8) is 0 Å². The third-order valence-electron chi connectivity index (χ3n) is 5.97. The number of halogens is 1.